The second-order valence-corrected chi connectivity index (χ2v) is 9.91. The second kappa shape index (κ2) is 10.6. The molecule has 9 heteroatoms. The summed E-state index contributed by atoms with van der Waals surface area (Å²) in [5.41, 5.74) is 9.33. The van der Waals surface area contributed by atoms with Gasteiger partial charge < -0.3 is 25.0 Å². The van der Waals surface area contributed by atoms with E-state index in [2.05, 4.69) is 23.4 Å². The van der Waals surface area contributed by atoms with Gasteiger partial charge in [0.15, 0.2) is 11.6 Å². The van der Waals surface area contributed by atoms with E-state index in [1.807, 2.05) is 12.1 Å². The van der Waals surface area contributed by atoms with Crippen LogP contribution in [-0.4, -0.2) is 49.8 Å². The normalized spacial score (nSPS) is 16.1. The lowest BCUT2D eigenvalue weighted by Gasteiger charge is -2.38. The maximum Gasteiger partial charge on any atom is 0.166 e. The van der Waals surface area contributed by atoms with E-state index in [-0.39, 0.29) is 10.8 Å². The molecule has 1 aromatic heterocycles. The summed E-state index contributed by atoms with van der Waals surface area (Å²) in [4.78, 5) is 4.31. The largest absolute Gasteiger partial charge is 0.496 e. The van der Waals surface area contributed by atoms with Crippen molar-refractivity contribution in [1.29, 1.82) is 0 Å². The molecule has 1 aliphatic heterocycles. The summed E-state index contributed by atoms with van der Waals surface area (Å²) in [5, 5.41) is 3.66. The molecule has 3 N–H and O–H groups in total. The Kier molecular flexibility index (Phi) is 7.71. The third kappa shape index (κ3) is 5.64. The van der Waals surface area contributed by atoms with Crippen LogP contribution in [0, 0.1) is 5.82 Å². The number of methoxy groups -OCH3 is 1. The number of hydrogen-bond acceptors (Lipinski definition) is 5. The molecular formula is C26H30Cl2FN4O2+. The molecule has 1 fully saturated rings. The quantitative estimate of drug-likeness (QED) is 0.319. The topological polar surface area (TPSA) is 69.4 Å². The number of pyridine rings is 1. The molecule has 0 amide bonds. The van der Waals surface area contributed by atoms with Crippen molar-refractivity contribution >= 4 is 29.0 Å². The number of piperazine rings is 1. The molecule has 2 aromatic carbocycles. The van der Waals surface area contributed by atoms with Gasteiger partial charge in [-0.2, -0.15) is 0 Å². The van der Waals surface area contributed by atoms with Crippen LogP contribution in [0.25, 0.3) is 11.1 Å². The standard InChI is InChI=1S/C26H30Cl2FN4O2/c1-16(24-20(27)6-7-21(29)25(24)28)35-23-13-19(14-32-26(23)30)17-4-5-18(22(12-17)34-3)15-33(2)10-8-31-9-11-33/h4-7,12-14,16,31H,8-11,15H2,1-3H3,(H2,30,32)/q+1. The lowest BCUT2D eigenvalue weighted by molar-refractivity contribution is -0.924. The SMILES string of the molecule is COc1cc(-c2cnc(N)c(OC(C)c3c(Cl)ccc(F)c3Cl)c2)ccc1C[N+]1(C)CCNCC1. The zero-order valence-electron chi connectivity index (χ0n) is 20.1. The van der Waals surface area contributed by atoms with Gasteiger partial charge in [-0.25, -0.2) is 9.37 Å². The van der Waals surface area contributed by atoms with E-state index in [1.165, 1.54) is 12.1 Å². The predicted molar refractivity (Wildman–Crippen MR) is 139 cm³/mol. The Labute approximate surface area is 215 Å². The molecule has 0 spiro atoms. The third-order valence-corrected chi connectivity index (χ3v) is 7.21. The fourth-order valence-corrected chi connectivity index (χ4v) is 5.11. The van der Waals surface area contributed by atoms with Crippen molar-refractivity contribution in [2.24, 2.45) is 0 Å². The van der Waals surface area contributed by atoms with E-state index in [4.69, 9.17) is 38.4 Å². The van der Waals surface area contributed by atoms with Gasteiger partial charge in [0, 0.05) is 41.0 Å². The van der Waals surface area contributed by atoms with Gasteiger partial charge in [-0.1, -0.05) is 29.3 Å². The van der Waals surface area contributed by atoms with Crippen LogP contribution in [-0.2, 0) is 6.54 Å². The van der Waals surface area contributed by atoms with Crippen LogP contribution in [0.1, 0.15) is 24.2 Å². The summed E-state index contributed by atoms with van der Waals surface area (Å²) >= 11 is 12.4. The lowest BCUT2D eigenvalue weighted by atomic mass is 10.0. The molecule has 6 nitrogen and oxygen atoms in total. The fourth-order valence-electron chi connectivity index (χ4n) is 4.43. The van der Waals surface area contributed by atoms with Crippen molar-refractivity contribution in [3.63, 3.8) is 0 Å². The number of quaternary nitrogens is 1. The van der Waals surface area contributed by atoms with Gasteiger partial charge in [-0.3, -0.25) is 0 Å². The molecule has 35 heavy (non-hydrogen) atoms. The van der Waals surface area contributed by atoms with Crippen molar-refractivity contribution in [2.75, 3.05) is 46.1 Å². The van der Waals surface area contributed by atoms with Crippen molar-refractivity contribution in [2.45, 2.75) is 19.6 Å². The number of likely N-dealkylation sites (N-methyl/N-ethyl adjacent to an activating group) is 1. The van der Waals surface area contributed by atoms with Gasteiger partial charge in [-0.05, 0) is 42.8 Å². The summed E-state index contributed by atoms with van der Waals surface area (Å²) in [7, 11) is 3.96. The number of hydrogen-bond donors (Lipinski definition) is 2. The second-order valence-electron chi connectivity index (χ2n) is 9.13. The van der Waals surface area contributed by atoms with E-state index in [1.54, 1.807) is 26.3 Å². The fraction of sp³-hybridized carbons (Fsp3) is 0.346. The number of halogens is 3. The third-order valence-electron chi connectivity index (χ3n) is 6.50. The summed E-state index contributed by atoms with van der Waals surface area (Å²) in [6.07, 6.45) is 1.04. The highest BCUT2D eigenvalue weighted by atomic mass is 35.5. The van der Waals surface area contributed by atoms with Gasteiger partial charge in [0.25, 0.3) is 0 Å². The monoisotopic (exact) mass is 519 g/mol. The van der Waals surface area contributed by atoms with Gasteiger partial charge in [0.1, 0.15) is 24.2 Å². The highest BCUT2D eigenvalue weighted by molar-refractivity contribution is 6.36. The van der Waals surface area contributed by atoms with Crippen LogP contribution in [0.15, 0.2) is 42.6 Å². The molecule has 0 saturated carbocycles. The molecule has 0 aliphatic carbocycles. The Balaban J connectivity index is 1.60. The number of nitrogen functional groups attached to an aromatic ring is 1. The van der Waals surface area contributed by atoms with Crippen LogP contribution in [0.5, 0.6) is 11.5 Å². The molecule has 0 bridgehead atoms. The molecule has 1 saturated heterocycles. The van der Waals surface area contributed by atoms with E-state index < -0.39 is 11.9 Å². The van der Waals surface area contributed by atoms with Crippen molar-refractivity contribution in [1.82, 2.24) is 10.3 Å². The first-order valence-electron chi connectivity index (χ1n) is 11.5. The van der Waals surface area contributed by atoms with Gasteiger partial charge in [-0.15, -0.1) is 0 Å². The molecular weight excluding hydrogens is 490 g/mol. The maximum absolute atomic E-state index is 14.0. The number of rotatable bonds is 7. The highest BCUT2D eigenvalue weighted by Gasteiger charge is 2.26. The average molecular weight is 520 g/mol. The maximum atomic E-state index is 14.0. The number of aromatic nitrogens is 1. The average Bonchev–Trinajstić information content (AvgIpc) is 2.83. The van der Waals surface area contributed by atoms with Gasteiger partial charge in [0.05, 0.1) is 32.3 Å². The van der Waals surface area contributed by atoms with Gasteiger partial charge >= 0.3 is 0 Å². The number of nitrogens with one attached hydrogen (secondary N) is 1. The minimum atomic E-state index is -0.648. The van der Waals surface area contributed by atoms with Crippen LogP contribution in [0.4, 0.5) is 10.2 Å². The molecule has 0 radical (unpaired) electrons. The molecule has 1 aliphatic rings. The molecule has 3 aromatic rings. The van der Waals surface area contributed by atoms with E-state index in [0.29, 0.717) is 16.3 Å². The number of nitrogens with zero attached hydrogens (tertiary/aromatic N) is 2. The first kappa shape index (κ1) is 25.5. The van der Waals surface area contributed by atoms with Crippen LogP contribution in [0.3, 0.4) is 0 Å². The molecule has 1 atom stereocenters. The van der Waals surface area contributed by atoms with E-state index >= 15 is 0 Å². The molecule has 1 unspecified atom stereocenters. The Bertz CT molecular complexity index is 1220. The zero-order chi connectivity index (χ0) is 25.2. The van der Waals surface area contributed by atoms with E-state index in [9.17, 15) is 4.39 Å². The minimum absolute atomic E-state index is 0.0751. The Morgan fingerprint density at radius 1 is 1.11 bits per heavy atom. The first-order valence-corrected chi connectivity index (χ1v) is 12.2. The van der Waals surface area contributed by atoms with Crippen LogP contribution < -0.4 is 20.5 Å². The number of benzene rings is 2. The van der Waals surface area contributed by atoms with E-state index in [0.717, 1.165) is 59.6 Å². The number of ether oxygens (including phenoxy) is 2. The lowest BCUT2D eigenvalue weighted by Crippen LogP contribution is -2.55. The van der Waals surface area contributed by atoms with Crippen molar-refractivity contribution < 1.29 is 18.3 Å². The smallest absolute Gasteiger partial charge is 0.166 e. The summed E-state index contributed by atoms with van der Waals surface area (Å²) in [5.74, 6) is 0.828. The van der Waals surface area contributed by atoms with Crippen LogP contribution in [0.2, 0.25) is 10.0 Å². The Morgan fingerprint density at radius 3 is 2.54 bits per heavy atom. The predicted octanol–water partition coefficient (Wildman–Crippen LogP) is 5.48. The zero-order valence-corrected chi connectivity index (χ0v) is 21.6. The number of anilines is 1. The first-order chi connectivity index (χ1) is 16.7. The summed E-state index contributed by atoms with van der Waals surface area (Å²) < 4.78 is 26.7. The van der Waals surface area contributed by atoms with Crippen molar-refractivity contribution in [3.05, 3.63) is 69.6 Å². The minimum Gasteiger partial charge on any atom is -0.496 e. The number of nitrogens with two attached hydrogens (primary N) is 1. The Hall–Kier alpha value is -2.58. The Morgan fingerprint density at radius 2 is 1.83 bits per heavy atom. The molecule has 4 rings (SSSR count). The molecule has 186 valence electrons. The van der Waals surface area contributed by atoms with Crippen LogP contribution >= 0.6 is 23.2 Å². The summed E-state index contributed by atoms with van der Waals surface area (Å²) in [6, 6.07) is 10.6. The van der Waals surface area contributed by atoms with Gasteiger partial charge in [0.2, 0.25) is 0 Å². The van der Waals surface area contributed by atoms with Crippen molar-refractivity contribution in [3.8, 4) is 22.6 Å². The molecule has 2 heterocycles. The summed E-state index contributed by atoms with van der Waals surface area (Å²) in [6.45, 7) is 6.81. The highest BCUT2D eigenvalue weighted by Crippen LogP contribution is 2.37.